The molecule has 0 aliphatic carbocycles. The van der Waals surface area contributed by atoms with Crippen LogP contribution in [-0.2, 0) is 17.8 Å². The maximum Gasteiger partial charge on any atom is 0.405 e. The van der Waals surface area contributed by atoms with Crippen molar-refractivity contribution in [2.75, 3.05) is 5.32 Å². The van der Waals surface area contributed by atoms with E-state index >= 15 is 0 Å². The Kier molecular flexibility index (Phi) is 8.90. The van der Waals surface area contributed by atoms with Crippen molar-refractivity contribution in [3.05, 3.63) is 95.1 Å². The molecular formula is C29H34N2O4. The van der Waals surface area contributed by atoms with Gasteiger partial charge in [-0.3, -0.25) is 4.79 Å². The van der Waals surface area contributed by atoms with E-state index in [1.54, 1.807) is 0 Å². The van der Waals surface area contributed by atoms with Crippen LogP contribution in [0.2, 0.25) is 0 Å². The number of rotatable bonds is 10. The standard InChI is InChI=1S/C29H34N2O4/c1-19(2)24-11-8-12-25(20(3)4)27(24)31-28(32)26(30-29(33)34)17-21-13-15-23(16-14-21)35-18-22-9-6-5-7-10-22/h5-16,19-20,26,30H,17-18H2,1-4H3,(H,31,32)(H,33,34). The van der Waals surface area contributed by atoms with Crippen LogP contribution in [0.5, 0.6) is 5.75 Å². The lowest BCUT2D eigenvalue weighted by Gasteiger charge is -2.23. The fraction of sp³-hybridized carbons (Fsp3) is 0.310. The number of carbonyl (C=O) groups excluding carboxylic acids is 1. The summed E-state index contributed by atoms with van der Waals surface area (Å²) in [6.45, 7) is 8.75. The van der Waals surface area contributed by atoms with Gasteiger partial charge in [-0.05, 0) is 46.2 Å². The number of amides is 2. The first-order valence-corrected chi connectivity index (χ1v) is 11.9. The zero-order valence-corrected chi connectivity index (χ0v) is 20.7. The van der Waals surface area contributed by atoms with Crippen LogP contribution in [-0.4, -0.2) is 23.1 Å². The quantitative estimate of drug-likeness (QED) is 0.320. The Balaban J connectivity index is 1.74. The summed E-state index contributed by atoms with van der Waals surface area (Å²) in [5.74, 6) is 0.737. The largest absolute Gasteiger partial charge is 0.489 e. The molecule has 3 N–H and O–H groups in total. The highest BCUT2D eigenvalue weighted by Crippen LogP contribution is 2.32. The Morgan fingerprint density at radius 1 is 0.800 bits per heavy atom. The summed E-state index contributed by atoms with van der Waals surface area (Å²) in [5, 5.41) is 14.8. The number of carboxylic acid groups (broad SMARTS) is 1. The van der Waals surface area contributed by atoms with Crippen LogP contribution in [0.25, 0.3) is 0 Å². The average molecular weight is 475 g/mol. The Labute approximate surface area is 207 Å². The second-order valence-corrected chi connectivity index (χ2v) is 9.23. The van der Waals surface area contributed by atoms with Gasteiger partial charge < -0.3 is 20.5 Å². The van der Waals surface area contributed by atoms with Crippen molar-refractivity contribution >= 4 is 17.7 Å². The monoisotopic (exact) mass is 474 g/mol. The smallest absolute Gasteiger partial charge is 0.405 e. The molecule has 0 spiro atoms. The molecule has 3 aromatic rings. The number of hydrogen-bond acceptors (Lipinski definition) is 3. The molecule has 0 saturated heterocycles. The topological polar surface area (TPSA) is 87.7 Å². The van der Waals surface area contributed by atoms with Gasteiger partial charge in [-0.25, -0.2) is 4.79 Å². The van der Waals surface area contributed by atoms with Gasteiger partial charge in [0.15, 0.2) is 0 Å². The first-order chi connectivity index (χ1) is 16.7. The molecule has 6 nitrogen and oxygen atoms in total. The average Bonchev–Trinajstić information content (AvgIpc) is 2.83. The predicted molar refractivity (Wildman–Crippen MR) is 139 cm³/mol. The van der Waals surface area contributed by atoms with Crippen LogP contribution < -0.4 is 15.4 Å². The molecule has 0 bridgehead atoms. The molecule has 2 amide bonds. The summed E-state index contributed by atoms with van der Waals surface area (Å²) < 4.78 is 5.83. The first kappa shape index (κ1) is 25.8. The normalized spacial score (nSPS) is 11.8. The number of nitrogens with one attached hydrogen (secondary N) is 2. The maximum atomic E-state index is 13.3. The molecular weight excluding hydrogens is 440 g/mol. The molecule has 35 heavy (non-hydrogen) atoms. The van der Waals surface area contributed by atoms with E-state index in [1.807, 2.05) is 72.8 Å². The minimum Gasteiger partial charge on any atom is -0.489 e. The van der Waals surface area contributed by atoms with Crippen LogP contribution in [0, 0.1) is 0 Å². The lowest BCUT2D eigenvalue weighted by molar-refractivity contribution is -0.118. The van der Waals surface area contributed by atoms with Crippen LogP contribution in [0.3, 0.4) is 0 Å². The highest BCUT2D eigenvalue weighted by Gasteiger charge is 2.24. The van der Waals surface area contributed by atoms with Crippen LogP contribution in [0.15, 0.2) is 72.8 Å². The van der Waals surface area contributed by atoms with Gasteiger partial charge in [0.2, 0.25) is 5.91 Å². The van der Waals surface area contributed by atoms with E-state index in [1.165, 1.54) is 0 Å². The lowest BCUT2D eigenvalue weighted by Crippen LogP contribution is -2.45. The fourth-order valence-electron chi connectivity index (χ4n) is 3.96. The van der Waals surface area contributed by atoms with Crippen molar-refractivity contribution in [1.82, 2.24) is 5.32 Å². The molecule has 0 fully saturated rings. The number of anilines is 1. The van der Waals surface area contributed by atoms with Gasteiger partial charge in [-0.2, -0.15) is 0 Å². The van der Waals surface area contributed by atoms with E-state index in [-0.39, 0.29) is 24.2 Å². The summed E-state index contributed by atoms with van der Waals surface area (Å²) >= 11 is 0. The van der Waals surface area contributed by atoms with Crippen molar-refractivity contribution in [2.45, 2.75) is 58.6 Å². The molecule has 3 rings (SSSR count). The Morgan fingerprint density at radius 3 is 1.94 bits per heavy atom. The maximum absolute atomic E-state index is 13.3. The van der Waals surface area contributed by atoms with Gasteiger partial charge >= 0.3 is 6.09 Å². The second-order valence-electron chi connectivity index (χ2n) is 9.23. The van der Waals surface area contributed by atoms with Crippen molar-refractivity contribution in [1.29, 1.82) is 0 Å². The van der Waals surface area contributed by atoms with Gasteiger partial charge in [-0.1, -0.05) is 88.4 Å². The minimum atomic E-state index is -1.24. The van der Waals surface area contributed by atoms with E-state index in [0.717, 1.165) is 27.9 Å². The molecule has 0 heterocycles. The van der Waals surface area contributed by atoms with E-state index in [9.17, 15) is 14.7 Å². The van der Waals surface area contributed by atoms with Crippen LogP contribution >= 0.6 is 0 Å². The van der Waals surface area contributed by atoms with Gasteiger partial charge in [0.25, 0.3) is 0 Å². The van der Waals surface area contributed by atoms with E-state index in [0.29, 0.717) is 12.4 Å². The number of hydrogen-bond donors (Lipinski definition) is 3. The zero-order chi connectivity index (χ0) is 25.4. The molecule has 0 radical (unpaired) electrons. The molecule has 6 heteroatoms. The van der Waals surface area contributed by atoms with E-state index in [4.69, 9.17) is 4.74 Å². The van der Waals surface area contributed by atoms with Crippen LogP contribution in [0.1, 0.15) is 61.8 Å². The van der Waals surface area contributed by atoms with Crippen molar-refractivity contribution in [2.24, 2.45) is 0 Å². The number of carbonyl (C=O) groups is 2. The van der Waals surface area contributed by atoms with Crippen molar-refractivity contribution in [3.63, 3.8) is 0 Å². The Morgan fingerprint density at radius 2 is 1.40 bits per heavy atom. The first-order valence-electron chi connectivity index (χ1n) is 11.9. The molecule has 0 aromatic heterocycles. The SMILES string of the molecule is CC(C)c1cccc(C(C)C)c1NC(=O)C(Cc1ccc(OCc2ccccc2)cc1)NC(=O)O. The summed E-state index contributed by atoms with van der Waals surface area (Å²) in [7, 11) is 0. The molecule has 0 saturated carbocycles. The third-order valence-corrected chi connectivity index (χ3v) is 5.85. The Bertz CT molecular complexity index is 1100. The number of benzene rings is 3. The van der Waals surface area contributed by atoms with Gasteiger partial charge in [0.1, 0.15) is 18.4 Å². The van der Waals surface area contributed by atoms with E-state index in [2.05, 4.69) is 38.3 Å². The lowest BCUT2D eigenvalue weighted by atomic mass is 9.92. The summed E-state index contributed by atoms with van der Waals surface area (Å²) in [4.78, 5) is 24.7. The molecule has 1 atom stereocenters. The third-order valence-electron chi connectivity index (χ3n) is 5.85. The highest BCUT2D eigenvalue weighted by atomic mass is 16.5. The second kappa shape index (κ2) is 12.1. The molecule has 0 aliphatic rings. The highest BCUT2D eigenvalue weighted by molar-refractivity contribution is 5.98. The summed E-state index contributed by atoms with van der Waals surface area (Å²) in [5.41, 5.74) is 4.72. The molecule has 184 valence electrons. The van der Waals surface area contributed by atoms with Crippen molar-refractivity contribution in [3.8, 4) is 5.75 Å². The molecule has 3 aromatic carbocycles. The van der Waals surface area contributed by atoms with Crippen molar-refractivity contribution < 1.29 is 19.4 Å². The molecule has 1 unspecified atom stereocenters. The van der Waals surface area contributed by atoms with Gasteiger partial charge in [0.05, 0.1) is 0 Å². The zero-order valence-electron chi connectivity index (χ0n) is 20.7. The fourth-order valence-corrected chi connectivity index (χ4v) is 3.96. The van der Waals surface area contributed by atoms with Gasteiger partial charge in [0, 0.05) is 12.1 Å². The minimum absolute atomic E-state index is 0.207. The predicted octanol–water partition coefficient (Wildman–Crippen LogP) is 6.33. The third kappa shape index (κ3) is 7.34. The summed E-state index contributed by atoms with van der Waals surface area (Å²) in [6.07, 6.45) is -1.02. The van der Waals surface area contributed by atoms with Crippen LogP contribution in [0.4, 0.5) is 10.5 Å². The Hall–Kier alpha value is -3.80. The number of para-hydroxylation sites is 1. The molecule has 0 aliphatic heterocycles. The summed E-state index contributed by atoms with van der Waals surface area (Å²) in [6, 6.07) is 22.3. The van der Waals surface area contributed by atoms with Gasteiger partial charge in [-0.15, -0.1) is 0 Å². The number of ether oxygens (including phenoxy) is 1. The van der Waals surface area contributed by atoms with E-state index < -0.39 is 12.1 Å².